The van der Waals surface area contributed by atoms with E-state index in [0.717, 1.165) is 11.1 Å². The van der Waals surface area contributed by atoms with Gasteiger partial charge in [-0.1, -0.05) is 54.6 Å². The third-order valence-corrected chi connectivity index (χ3v) is 4.96. The summed E-state index contributed by atoms with van der Waals surface area (Å²) in [6.07, 6.45) is 1.75. The van der Waals surface area contributed by atoms with Gasteiger partial charge < -0.3 is 10.2 Å². The minimum atomic E-state index is -0.349. The molecule has 2 heterocycles. The Morgan fingerprint density at radius 2 is 1.67 bits per heavy atom. The lowest BCUT2D eigenvalue weighted by molar-refractivity contribution is 0.0772. The zero-order valence-electron chi connectivity index (χ0n) is 16.9. The van der Waals surface area contributed by atoms with E-state index < -0.39 is 0 Å². The van der Waals surface area contributed by atoms with Crippen molar-refractivity contribution in [3.05, 3.63) is 102 Å². The minimum absolute atomic E-state index is 0.207. The molecule has 4 rings (SSSR count). The molecule has 0 aliphatic rings. The van der Waals surface area contributed by atoms with Crippen LogP contribution in [0.15, 0.2) is 79.0 Å². The van der Waals surface area contributed by atoms with Crippen LogP contribution >= 0.6 is 0 Å². The Hall–Kier alpha value is -3.93. The van der Waals surface area contributed by atoms with Gasteiger partial charge in [-0.3, -0.25) is 14.0 Å². The molecule has 4 aromatic rings. The number of amides is 2. The maximum Gasteiger partial charge on any atom is 0.290 e. The molecule has 30 heavy (non-hydrogen) atoms. The molecular formula is C24H22N4O2. The Kier molecular flexibility index (Phi) is 5.30. The summed E-state index contributed by atoms with van der Waals surface area (Å²) in [7, 11) is 1.73. The Labute approximate surface area is 174 Å². The van der Waals surface area contributed by atoms with Crippen molar-refractivity contribution in [2.75, 3.05) is 12.4 Å². The first-order valence-corrected chi connectivity index (χ1v) is 9.68. The van der Waals surface area contributed by atoms with Crippen LogP contribution in [0.25, 0.3) is 5.52 Å². The van der Waals surface area contributed by atoms with Gasteiger partial charge in [0.1, 0.15) is 0 Å². The molecule has 1 N–H and O–H groups in total. The number of carbonyl (C=O) groups excluding carboxylic acids is 2. The molecule has 0 aliphatic carbocycles. The van der Waals surface area contributed by atoms with E-state index in [0.29, 0.717) is 17.7 Å². The van der Waals surface area contributed by atoms with Crippen LogP contribution in [0.1, 0.15) is 32.2 Å². The monoisotopic (exact) mass is 398 g/mol. The molecule has 2 amide bonds. The molecule has 0 unspecified atom stereocenters. The summed E-state index contributed by atoms with van der Waals surface area (Å²) in [5.41, 5.74) is 3.49. The average molecular weight is 398 g/mol. The van der Waals surface area contributed by atoms with Crippen LogP contribution < -0.4 is 5.32 Å². The number of nitrogens with zero attached hydrogens (tertiary/aromatic N) is 3. The van der Waals surface area contributed by atoms with Crippen molar-refractivity contribution in [2.45, 2.75) is 13.5 Å². The predicted molar refractivity (Wildman–Crippen MR) is 117 cm³/mol. The smallest absolute Gasteiger partial charge is 0.290 e. The SMILES string of the molecule is Cc1ccccc1NC(=O)c1nc(C(=O)N(C)Cc2ccccc2)n2ccccc12. The number of carbonyl (C=O) groups is 2. The van der Waals surface area contributed by atoms with E-state index in [-0.39, 0.29) is 23.3 Å². The predicted octanol–water partition coefficient (Wildman–Crippen LogP) is 4.17. The van der Waals surface area contributed by atoms with Gasteiger partial charge >= 0.3 is 0 Å². The molecule has 0 atom stereocenters. The topological polar surface area (TPSA) is 66.7 Å². The summed E-state index contributed by atoms with van der Waals surface area (Å²) in [6.45, 7) is 2.38. The third kappa shape index (κ3) is 3.80. The maximum atomic E-state index is 13.1. The number of pyridine rings is 1. The number of imidazole rings is 1. The molecule has 0 spiro atoms. The van der Waals surface area contributed by atoms with Crippen LogP contribution in [0, 0.1) is 6.92 Å². The first-order chi connectivity index (χ1) is 14.5. The fraction of sp³-hybridized carbons (Fsp3) is 0.125. The highest BCUT2D eigenvalue weighted by molar-refractivity contribution is 6.09. The number of hydrogen-bond donors (Lipinski definition) is 1. The highest BCUT2D eigenvalue weighted by Gasteiger charge is 2.24. The molecule has 2 aromatic heterocycles. The van der Waals surface area contributed by atoms with E-state index >= 15 is 0 Å². The van der Waals surface area contributed by atoms with Crippen LogP contribution in [0.4, 0.5) is 5.69 Å². The van der Waals surface area contributed by atoms with Gasteiger partial charge in [-0.15, -0.1) is 0 Å². The van der Waals surface area contributed by atoms with Gasteiger partial charge in [0.15, 0.2) is 5.69 Å². The normalized spacial score (nSPS) is 10.7. The molecule has 6 heteroatoms. The van der Waals surface area contributed by atoms with Gasteiger partial charge in [0, 0.05) is 25.5 Å². The number of aryl methyl sites for hydroxylation is 1. The Bertz CT molecular complexity index is 1210. The van der Waals surface area contributed by atoms with E-state index in [1.165, 1.54) is 0 Å². The van der Waals surface area contributed by atoms with Gasteiger partial charge in [-0.2, -0.15) is 0 Å². The molecule has 2 aromatic carbocycles. The zero-order valence-corrected chi connectivity index (χ0v) is 16.9. The summed E-state index contributed by atoms with van der Waals surface area (Å²) in [4.78, 5) is 32.1. The molecular weight excluding hydrogens is 376 g/mol. The van der Waals surface area contributed by atoms with E-state index in [1.54, 1.807) is 28.6 Å². The van der Waals surface area contributed by atoms with Crippen molar-refractivity contribution >= 4 is 23.0 Å². The van der Waals surface area contributed by atoms with Crippen LogP contribution in [-0.2, 0) is 6.54 Å². The number of rotatable bonds is 5. The largest absolute Gasteiger partial charge is 0.335 e. The van der Waals surface area contributed by atoms with Crippen LogP contribution in [0.5, 0.6) is 0 Å². The average Bonchev–Trinajstić information content (AvgIpc) is 3.15. The third-order valence-electron chi connectivity index (χ3n) is 4.96. The van der Waals surface area contributed by atoms with E-state index in [2.05, 4.69) is 10.3 Å². The zero-order chi connectivity index (χ0) is 21.1. The van der Waals surface area contributed by atoms with Crippen LogP contribution in [0.3, 0.4) is 0 Å². The number of benzene rings is 2. The molecule has 0 saturated heterocycles. The van der Waals surface area contributed by atoms with Gasteiger partial charge in [0.25, 0.3) is 11.8 Å². The Morgan fingerprint density at radius 3 is 2.43 bits per heavy atom. The first kappa shape index (κ1) is 19.4. The summed E-state index contributed by atoms with van der Waals surface area (Å²) >= 11 is 0. The molecule has 0 bridgehead atoms. The molecule has 150 valence electrons. The summed E-state index contributed by atoms with van der Waals surface area (Å²) < 4.78 is 1.66. The van der Waals surface area contributed by atoms with Crippen molar-refractivity contribution < 1.29 is 9.59 Å². The summed E-state index contributed by atoms with van der Waals surface area (Å²) in [6, 6.07) is 22.7. The number of aromatic nitrogens is 2. The molecule has 0 fully saturated rings. The molecule has 0 aliphatic heterocycles. The van der Waals surface area contributed by atoms with Crippen molar-refractivity contribution in [3.8, 4) is 0 Å². The number of fused-ring (bicyclic) bond motifs is 1. The quantitative estimate of drug-likeness (QED) is 0.549. The second kappa shape index (κ2) is 8.21. The molecule has 6 nitrogen and oxygen atoms in total. The lowest BCUT2D eigenvalue weighted by atomic mass is 10.2. The van der Waals surface area contributed by atoms with E-state index in [1.807, 2.05) is 73.7 Å². The highest BCUT2D eigenvalue weighted by Crippen LogP contribution is 2.19. The fourth-order valence-corrected chi connectivity index (χ4v) is 3.35. The molecule has 0 radical (unpaired) electrons. The number of hydrogen-bond acceptors (Lipinski definition) is 3. The first-order valence-electron chi connectivity index (χ1n) is 9.68. The van der Waals surface area contributed by atoms with Gasteiger partial charge in [0.05, 0.1) is 5.52 Å². The van der Waals surface area contributed by atoms with Gasteiger partial charge in [-0.25, -0.2) is 4.98 Å². The lowest BCUT2D eigenvalue weighted by Gasteiger charge is -2.16. The number of nitrogens with one attached hydrogen (secondary N) is 1. The Morgan fingerprint density at radius 1 is 0.967 bits per heavy atom. The van der Waals surface area contributed by atoms with Crippen LogP contribution in [-0.4, -0.2) is 33.1 Å². The number of anilines is 1. The van der Waals surface area contributed by atoms with Crippen molar-refractivity contribution in [2.24, 2.45) is 0 Å². The summed E-state index contributed by atoms with van der Waals surface area (Å²) in [5, 5.41) is 2.90. The maximum absolute atomic E-state index is 13.1. The van der Waals surface area contributed by atoms with E-state index in [9.17, 15) is 9.59 Å². The van der Waals surface area contributed by atoms with Gasteiger partial charge in [-0.05, 0) is 36.2 Å². The van der Waals surface area contributed by atoms with Gasteiger partial charge in [0.2, 0.25) is 5.82 Å². The van der Waals surface area contributed by atoms with Crippen molar-refractivity contribution in [3.63, 3.8) is 0 Å². The number of para-hydroxylation sites is 1. The summed E-state index contributed by atoms with van der Waals surface area (Å²) in [5.74, 6) is -0.397. The van der Waals surface area contributed by atoms with Crippen molar-refractivity contribution in [1.29, 1.82) is 0 Å². The van der Waals surface area contributed by atoms with E-state index in [4.69, 9.17) is 0 Å². The van der Waals surface area contributed by atoms with Crippen LogP contribution in [0.2, 0.25) is 0 Å². The minimum Gasteiger partial charge on any atom is -0.335 e. The standard InChI is InChI=1S/C24H22N4O2/c1-17-10-6-7-13-19(17)25-23(29)21-20-14-8-9-15-28(20)22(26-21)24(30)27(2)16-18-11-4-3-5-12-18/h3-15H,16H2,1-2H3,(H,25,29). The second-order valence-electron chi connectivity index (χ2n) is 7.16. The lowest BCUT2D eigenvalue weighted by Crippen LogP contribution is -2.28. The fourth-order valence-electron chi connectivity index (χ4n) is 3.35. The highest BCUT2D eigenvalue weighted by atomic mass is 16.2. The Balaban J connectivity index is 1.66. The molecule has 0 saturated carbocycles. The second-order valence-corrected chi connectivity index (χ2v) is 7.16. The van der Waals surface area contributed by atoms with Crippen molar-refractivity contribution in [1.82, 2.24) is 14.3 Å².